The second-order valence-corrected chi connectivity index (χ2v) is 6.89. The molecule has 1 amide bonds. The maximum atomic E-state index is 12.3. The predicted molar refractivity (Wildman–Crippen MR) is 71.6 cm³/mol. The molecule has 2 rings (SSSR count). The molecule has 0 aromatic rings. The van der Waals surface area contributed by atoms with E-state index in [0.717, 1.165) is 13.0 Å². The fraction of sp³-hybridized carbons (Fsp3) is 0.857. The van der Waals surface area contributed by atoms with Crippen molar-refractivity contribution in [3.63, 3.8) is 0 Å². The fourth-order valence-corrected chi connectivity index (χ4v) is 3.36. The van der Waals surface area contributed by atoms with Crippen LogP contribution in [0.4, 0.5) is 0 Å². The number of carbonyl (C=O) groups is 2. The van der Waals surface area contributed by atoms with Crippen molar-refractivity contribution >= 4 is 11.9 Å². The lowest BCUT2D eigenvalue weighted by Gasteiger charge is -2.29. The average Bonchev–Trinajstić information content (AvgIpc) is 2.84. The molecule has 0 radical (unpaired) electrons. The van der Waals surface area contributed by atoms with E-state index in [-0.39, 0.29) is 11.9 Å². The molecule has 4 unspecified atom stereocenters. The number of carboxylic acids is 1. The maximum Gasteiger partial charge on any atom is 0.326 e. The molecule has 19 heavy (non-hydrogen) atoms. The summed E-state index contributed by atoms with van der Waals surface area (Å²) in [6.07, 6.45) is 3.44. The molecule has 1 heterocycles. The Morgan fingerprint density at radius 1 is 1.32 bits per heavy atom. The number of carbonyl (C=O) groups excluding carboxylic acids is 1. The normalized spacial score (nSPS) is 31.8. The van der Waals surface area contributed by atoms with Crippen molar-refractivity contribution in [2.75, 3.05) is 6.54 Å². The summed E-state index contributed by atoms with van der Waals surface area (Å²) >= 11 is 0. The number of carboxylic acid groups (broad SMARTS) is 1. The molecule has 2 fully saturated rings. The Hall–Kier alpha value is -1.10. The maximum absolute atomic E-state index is 12.3. The molecule has 0 bridgehead atoms. The summed E-state index contributed by atoms with van der Waals surface area (Å²) in [6, 6.07) is -1.06. The van der Waals surface area contributed by atoms with Crippen LogP contribution in [0.3, 0.4) is 0 Å². The van der Waals surface area contributed by atoms with Crippen LogP contribution in [0, 0.1) is 17.3 Å². The molecule has 1 aliphatic carbocycles. The summed E-state index contributed by atoms with van der Waals surface area (Å²) in [5.74, 6) is -0.151. The van der Waals surface area contributed by atoms with E-state index in [1.165, 1.54) is 12.8 Å². The SMILES string of the molecule is CC(C)(C)C(NC(=O)C1NCC2CCCC21)C(=O)O. The summed E-state index contributed by atoms with van der Waals surface area (Å²) in [5, 5.41) is 15.2. The van der Waals surface area contributed by atoms with E-state index in [9.17, 15) is 14.7 Å². The highest BCUT2D eigenvalue weighted by Crippen LogP contribution is 2.37. The van der Waals surface area contributed by atoms with Gasteiger partial charge in [-0.1, -0.05) is 27.2 Å². The lowest BCUT2D eigenvalue weighted by Crippen LogP contribution is -2.54. The van der Waals surface area contributed by atoms with Crippen LogP contribution in [-0.2, 0) is 9.59 Å². The molecule has 5 nitrogen and oxygen atoms in total. The molecule has 4 atom stereocenters. The van der Waals surface area contributed by atoms with Gasteiger partial charge in [-0.2, -0.15) is 0 Å². The monoisotopic (exact) mass is 268 g/mol. The number of amides is 1. The number of hydrogen-bond acceptors (Lipinski definition) is 3. The summed E-state index contributed by atoms with van der Waals surface area (Å²) in [4.78, 5) is 23.6. The lowest BCUT2D eigenvalue weighted by molar-refractivity contribution is -0.145. The zero-order valence-corrected chi connectivity index (χ0v) is 11.9. The molecule has 1 saturated heterocycles. The minimum Gasteiger partial charge on any atom is -0.480 e. The van der Waals surface area contributed by atoms with E-state index in [1.807, 2.05) is 20.8 Å². The highest BCUT2D eigenvalue weighted by Gasteiger charge is 2.44. The van der Waals surface area contributed by atoms with Crippen LogP contribution in [0.1, 0.15) is 40.0 Å². The zero-order chi connectivity index (χ0) is 14.2. The first-order valence-corrected chi connectivity index (χ1v) is 7.07. The number of fused-ring (bicyclic) bond motifs is 1. The van der Waals surface area contributed by atoms with E-state index < -0.39 is 17.4 Å². The van der Waals surface area contributed by atoms with E-state index in [0.29, 0.717) is 11.8 Å². The number of rotatable bonds is 3. The van der Waals surface area contributed by atoms with Gasteiger partial charge in [-0.15, -0.1) is 0 Å². The van der Waals surface area contributed by atoms with E-state index in [2.05, 4.69) is 10.6 Å². The van der Waals surface area contributed by atoms with Crippen LogP contribution in [0.5, 0.6) is 0 Å². The van der Waals surface area contributed by atoms with Crippen LogP contribution in [-0.4, -0.2) is 35.6 Å². The van der Waals surface area contributed by atoms with Gasteiger partial charge >= 0.3 is 5.97 Å². The largest absolute Gasteiger partial charge is 0.480 e. The third-order valence-electron chi connectivity index (χ3n) is 4.43. The van der Waals surface area contributed by atoms with Gasteiger partial charge in [0, 0.05) is 0 Å². The van der Waals surface area contributed by atoms with E-state index in [4.69, 9.17) is 0 Å². The Labute approximate surface area is 114 Å². The summed E-state index contributed by atoms with van der Waals surface area (Å²) < 4.78 is 0. The first-order chi connectivity index (χ1) is 8.80. The Kier molecular flexibility index (Phi) is 3.85. The van der Waals surface area contributed by atoms with Gasteiger partial charge in [-0.25, -0.2) is 4.79 Å². The Morgan fingerprint density at radius 3 is 2.58 bits per heavy atom. The van der Waals surface area contributed by atoms with Crippen molar-refractivity contribution in [1.82, 2.24) is 10.6 Å². The van der Waals surface area contributed by atoms with Crippen LogP contribution < -0.4 is 10.6 Å². The molecular formula is C14H24N2O3. The summed E-state index contributed by atoms with van der Waals surface area (Å²) in [7, 11) is 0. The molecule has 2 aliphatic rings. The zero-order valence-electron chi connectivity index (χ0n) is 11.9. The van der Waals surface area contributed by atoms with Gasteiger partial charge in [-0.3, -0.25) is 4.79 Å². The molecule has 5 heteroatoms. The van der Waals surface area contributed by atoms with Crippen LogP contribution in [0.2, 0.25) is 0 Å². The second kappa shape index (κ2) is 5.12. The quantitative estimate of drug-likeness (QED) is 0.713. The molecule has 1 aliphatic heterocycles. The summed E-state index contributed by atoms with van der Waals surface area (Å²) in [5.41, 5.74) is -0.491. The van der Waals surface area contributed by atoms with Gasteiger partial charge < -0.3 is 15.7 Å². The highest BCUT2D eigenvalue weighted by molar-refractivity contribution is 5.87. The first-order valence-electron chi connectivity index (χ1n) is 7.07. The summed E-state index contributed by atoms with van der Waals surface area (Å²) in [6.45, 7) is 6.36. The number of aliphatic carboxylic acids is 1. The predicted octanol–water partition coefficient (Wildman–Crippen LogP) is 0.990. The molecule has 108 valence electrons. The second-order valence-electron chi connectivity index (χ2n) is 6.89. The third-order valence-corrected chi connectivity index (χ3v) is 4.43. The molecule has 1 saturated carbocycles. The van der Waals surface area contributed by atoms with Gasteiger partial charge in [0.05, 0.1) is 6.04 Å². The van der Waals surface area contributed by atoms with Crippen LogP contribution in [0.25, 0.3) is 0 Å². The Morgan fingerprint density at radius 2 is 2.00 bits per heavy atom. The molecule has 3 N–H and O–H groups in total. The Bertz CT molecular complexity index is 375. The van der Waals surface area contributed by atoms with Crippen molar-refractivity contribution in [3.05, 3.63) is 0 Å². The van der Waals surface area contributed by atoms with Crippen molar-refractivity contribution < 1.29 is 14.7 Å². The van der Waals surface area contributed by atoms with Crippen molar-refractivity contribution in [3.8, 4) is 0 Å². The van der Waals surface area contributed by atoms with Gasteiger partial charge in [0.25, 0.3) is 0 Å². The topological polar surface area (TPSA) is 78.4 Å². The molecule has 0 spiro atoms. The molecule has 0 aromatic heterocycles. The van der Waals surface area contributed by atoms with Gasteiger partial charge in [-0.05, 0) is 36.6 Å². The highest BCUT2D eigenvalue weighted by atomic mass is 16.4. The minimum atomic E-state index is -0.971. The lowest BCUT2D eigenvalue weighted by atomic mass is 9.86. The van der Waals surface area contributed by atoms with Crippen LogP contribution >= 0.6 is 0 Å². The average molecular weight is 268 g/mol. The number of nitrogens with one attached hydrogen (secondary N) is 2. The fourth-order valence-electron chi connectivity index (χ4n) is 3.36. The van der Waals surface area contributed by atoms with E-state index >= 15 is 0 Å². The van der Waals surface area contributed by atoms with Gasteiger partial charge in [0.15, 0.2) is 0 Å². The molecule has 0 aromatic carbocycles. The van der Waals surface area contributed by atoms with Crippen molar-refractivity contribution in [1.29, 1.82) is 0 Å². The van der Waals surface area contributed by atoms with E-state index in [1.54, 1.807) is 0 Å². The minimum absolute atomic E-state index is 0.156. The molecular weight excluding hydrogens is 244 g/mol. The van der Waals surface area contributed by atoms with Gasteiger partial charge in [0.1, 0.15) is 6.04 Å². The number of hydrogen-bond donors (Lipinski definition) is 3. The first kappa shape index (κ1) is 14.3. The standard InChI is InChI=1S/C14H24N2O3/c1-14(2,3)11(13(18)19)16-12(17)10-9-6-4-5-8(9)7-15-10/h8-11,15H,4-7H2,1-3H3,(H,16,17)(H,18,19). The van der Waals surface area contributed by atoms with Gasteiger partial charge in [0.2, 0.25) is 5.91 Å². The van der Waals surface area contributed by atoms with Crippen molar-refractivity contribution in [2.45, 2.75) is 52.1 Å². The van der Waals surface area contributed by atoms with Crippen LogP contribution in [0.15, 0.2) is 0 Å². The smallest absolute Gasteiger partial charge is 0.326 e. The third kappa shape index (κ3) is 2.91. The van der Waals surface area contributed by atoms with Crippen molar-refractivity contribution in [2.24, 2.45) is 17.3 Å². The Balaban J connectivity index is 2.02.